The zero-order valence-corrected chi connectivity index (χ0v) is 20.0. The number of nitrogens with one attached hydrogen (secondary N) is 3. The number of benzene rings is 2. The van der Waals surface area contributed by atoms with Crippen molar-refractivity contribution in [2.75, 3.05) is 28.8 Å². The van der Waals surface area contributed by atoms with E-state index in [-0.39, 0.29) is 30.3 Å². The number of ether oxygens (including phenoxy) is 2. The van der Waals surface area contributed by atoms with Crippen molar-refractivity contribution in [3.8, 4) is 5.75 Å². The molecule has 0 aliphatic carbocycles. The highest BCUT2D eigenvalue weighted by atomic mass is 19.1. The van der Waals surface area contributed by atoms with Gasteiger partial charge in [-0.25, -0.2) is 14.8 Å². The molecule has 1 aliphatic rings. The van der Waals surface area contributed by atoms with Crippen molar-refractivity contribution in [2.45, 2.75) is 39.8 Å². The maximum atomic E-state index is 14.4. The minimum absolute atomic E-state index is 0.0623. The molecule has 0 bridgehead atoms. The van der Waals surface area contributed by atoms with Crippen LogP contribution in [-0.4, -0.2) is 35.2 Å². The van der Waals surface area contributed by atoms with Crippen LogP contribution in [-0.2, 0) is 16.1 Å². The molecule has 0 saturated carbocycles. The first-order valence-electron chi connectivity index (χ1n) is 11.5. The number of halogens is 1. The molecule has 0 saturated heterocycles. The molecule has 0 unspecified atom stereocenters. The smallest absolute Gasteiger partial charge is 0.307 e. The van der Waals surface area contributed by atoms with Gasteiger partial charge in [-0.15, -0.1) is 0 Å². The molecule has 0 fully saturated rings. The number of anilines is 5. The highest BCUT2D eigenvalue weighted by molar-refractivity contribution is 5.71. The lowest BCUT2D eigenvalue weighted by Gasteiger charge is -2.19. The lowest BCUT2D eigenvalue weighted by Crippen LogP contribution is -2.34. The molecule has 0 radical (unpaired) electrons. The fourth-order valence-electron chi connectivity index (χ4n) is 3.64. The predicted octanol–water partition coefficient (Wildman–Crippen LogP) is 4.67. The van der Waals surface area contributed by atoms with Gasteiger partial charge in [0.1, 0.15) is 5.75 Å². The van der Waals surface area contributed by atoms with Gasteiger partial charge >= 0.3 is 5.97 Å². The Kier molecular flexibility index (Phi) is 7.61. The first-order valence-corrected chi connectivity index (χ1v) is 11.5. The van der Waals surface area contributed by atoms with E-state index in [1.165, 1.54) is 0 Å². The summed E-state index contributed by atoms with van der Waals surface area (Å²) in [7, 11) is 0. The first-order chi connectivity index (χ1) is 16.9. The third-order valence-corrected chi connectivity index (χ3v) is 5.16. The van der Waals surface area contributed by atoms with E-state index in [0.717, 1.165) is 28.9 Å². The second-order valence-corrected chi connectivity index (χ2v) is 8.22. The molecular formula is C25H29FN6O3. The summed E-state index contributed by atoms with van der Waals surface area (Å²) in [5.41, 5.74) is 6.69. The summed E-state index contributed by atoms with van der Waals surface area (Å²) in [5, 5.41) is 8.03. The van der Waals surface area contributed by atoms with Crippen LogP contribution in [0, 0.1) is 5.82 Å². The summed E-state index contributed by atoms with van der Waals surface area (Å²) in [6.07, 6.45) is 1.50. The van der Waals surface area contributed by atoms with E-state index < -0.39 is 5.82 Å². The predicted molar refractivity (Wildman–Crippen MR) is 133 cm³/mol. The largest absolute Gasteiger partial charge is 0.491 e. The number of hydrogen-bond acceptors (Lipinski definition) is 9. The highest BCUT2D eigenvalue weighted by Crippen LogP contribution is 2.30. The number of hydrazine groups is 1. The number of rotatable bonds is 10. The van der Waals surface area contributed by atoms with Crippen molar-refractivity contribution in [2.24, 2.45) is 0 Å². The Morgan fingerprint density at radius 3 is 2.69 bits per heavy atom. The van der Waals surface area contributed by atoms with Gasteiger partial charge in [-0.2, -0.15) is 4.98 Å². The summed E-state index contributed by atoms with van der Waals surface area (Å²) in [6, 6.07) is 13.1. The number of nitrogens with zero attached hydrogens (tertiary/aromatic N) is 3. The molecule has 2 heterocycles. The van der Waals surface area contributed by atoms with Crippen LogP contribution in [0.15, 0.2) is 48.7 Å². The monoisotopic (exact) mass is 480 g/mol. The maximum Gasteiger partial charge on any atom is 0.307 e. The Balaban J connectivity index is 1.41. The van der Waals surface area contributed by atoms with Crippen LogP contribution >= 0.6 is 0 Å². The van der Waals surface area contributed by atoms with Crippen molar-refractivity contribution in [3.05, 3.63) is 60.0 Å². The molecule has 0 amide bonds. The molecular weight excluding hydrogens is 451 g/mol. The van der Waals surface area contributed by atoms with Gasteiger partial charge in [-0.3, -0.25) is 4.79 Å². The SMILES string of the molecule is CCOC(=O)CCN1NCc2cc(Nc3nc(Nc4ccc(OC(C)C)cc4)ncc3F)ccc21. The molecule has 9 nitrogen and oxygen atoms in total. The minimum atomic E-state index is -0.564. The van der Waals surface area contributed by atoms with E-state index in [9.17, 15) is 9.18 Å². The van der Waals surface area contributed by atoms with Crippen LogP contribution in [0.25, 0.3) is 0 Å². The van der Waals surface area contributed by atoms with Crippen molar-refractivity contribution in [1.82, 2.24) is 15.4 Å². The van der Waals surface area contributed by atoms with Crippen LogP contribution in [0.5, 0.6) is 5.75 Å². The van der Waals surface area contributed by atoms with Gasteiger partial charge in [-0.1, -0.05) is 0 Å². The molecule has 0 atom stereocenters. The summed E-state index contributed by atoms with van der Waals surface area (Å²) in [4.78, 5) is 20.0. The van der Waals surface area contributed by atoms with E-state index in [4.69, 9.17) is 9.47 Å². The number of hydrogen-bond donors (Lipinski definition) is 3. The highest BCUT2D eigenvalue weighted by Gasteiger charge is 2.20. The van der Waals surface area contributed by atoms with E-state index in [1.807, 2.05) is 61.3 Å². The molecule has 1 aliphatic heterocycles. The summed E-state index contributed by atoms with van der Waals surface area (Å²) in [5.74, 6) is 0.292. The normalized spacial score (nSPS) is 12.4. The van der Waals surface area contributed by atoms with Gasteiger partial charge < -0.3 is 25.1 Å². The fraction of sp³-hybridized carbons (Fsp3) is 0.320. The maximum absolute atomic E-state index is 14.4. The van der Waals surface area contributed by atoms with Gasteiger partial charge in [0.2, 0.25) is 5.95 Å². The second-order valence-electron chi connectivity index (χ2n) is 8.22. The average molecular weight is 481 g/mol. The molecule has 184 valence electrons. The molecule has 10 heteroatoms. The Morgan fingerprint density at radius 1 is 1.17 bits per heavy atom. The first kappa shape index (κ1) is 24.2. The van der Waals surface area contributed by atoms with Crippen LogP contribution in [0.2, 0.25) is 0 Å². The number of carbonyl (C=O) groups is 1. The Labute approximate surface area is 203 Å². The summed E-state index contributed by atoms with van der Waals surface area (Å²) >= 11 is 0. The molecule has 4 rings (SSSR count). The summed E-state index contributed by atoms with van der Waals surface area (Å²) < 4.78 is 25.1. The van der Waals surface area contributed by atoms with E-state index in [2.05, 4.69) is 26.0 Å². The van der Waals surface area contributed by atoms with Gasteiger partial charge in [0.25, 0.3) is 0 Å². The Bertz CT molecular complexity index is 1170. The lowest BCUT2D eigenvalue weighted by molar-refractivity contribution is -0.142. The van der Waals surface area contributed by atoms with E-state index >= 15 is 0 Å². The van der Waals surface area contributed by atoms with Gasteiger partial charge in [0.05, 0.1) is 31.0 Å². The molecule has 3 aromatic rings. The Morgan fingerprint density at radius 2 is 1.94 bits per heavy atom. The molecule has 0 spiro atoms. The number of aromatic nitrogens is 2. The fourth-order valence-corrected chi connectivity index (χ4v) is 3.64. The quantitative estimate of drug-likeness (QED) is 0.358. The van der Waals surface area contributed by atoms with Crippen molar-refractivity contribution < 1.29 is 18.7 Å². The second kappa shape index (κ2) is 11.0. The van der Waals surface area contributed by atoms with Crippen molar-refractivity contribution in [3.63, 3.8) is 0 Å². The van der Waals surface area contributed by atoms with Crippen molar-refractivity contribution >= 4 is 34.8 Å². The van der Waals surface area contributed by atoms with Crippen LogP contribution < -0.4 is 25.8 Å². The molecule has 35 heavy (non-hydrogen) atoms. The molecule has 1 aromatic heterocycles. The van der Waals surface area contributed by atoms with Crippen LogP contribution in [0.4, 0.5) is 33.2 Å². The van der Waals surface area contributed by atoms with E-state index in [1.54, 1.807) is 6.92 Å². The number of esters is 1. The number of fused-ring (bicyclic) bond motifs is 1. The average Bonchev–Trinajstić information content (AvgIpc) is 3.23. The van der Waals surface area contributed by atoms with Gasteiger partial charge in [-0.05, 0) is 68.8 Å². The zero-order valence-electron chi connectivity index (χ0n) is 20.0. The van der Waals surface area contributed by atoms with Gasteiger partial charge in [0.15, 0.2) is 11.6 Å². The van der Waals surface area contributed by atoms with E-state index in [0.29, 0.717) is 25.4 Å². The van der Waals surface area contributed by atoms with Crippen molar-refractivity contribution in [1.29, 1.82) is 0 Å². The molecule has 3 N–H and O–H groups in total. The Hall–Kier alpha value is -3.92. The third kappa shape index (κ3) is 6.36. The third-order valence-electron chi connectivity index (χ3n) is 5.16. The standard InChI is InChI=1S/C25H29FN6O3/c1-4-34-23(33)11-12-32-22-10-7-19(13-17(22)14-28-32)29-24-21(26)15-27-25(31-24)30-18-5-8-20(9-6-18)35-16(2)3/h5-10,13,15-16,28H,4,11-12,14H2,1-3H3,(H2,27,29,30,31). The number of carbonyl (C=O) groups excluding carboxylic acids is 1. The van der Waals surface area contributed by atoms with Crippen LogP contribution in [0.3, 0.4) is 0 Å². The molecule has 2 aromatic carbocycles. The van der Waals surface area contributed by atoms with Crippen LogP contribution in [0.1, 0.15) is 32.8 Å². The minimum Gasteiger partial charge on any atom is -0.491 e. The summed E-state index contributed by atoms with van der Waals surface area (Å²) in [6.45, 7) is 7.19. The lowest BCUT2D eigenvalue weighted by atomic mass is 10.1. The van der Waals surface area contributed by atoms with Gasteiger partial charge in [0, 0.05) is 24.5 Å². The topological polar surface area (TPSA) is 101 Å². The zero-order chi connectivity index (χ0) is 24.8.